The maximum absolute atomic E-state index is 13.2. The Labute approximate surface area is 198 Å². The molecule has 10 heteroatoms. The molecule has 0 aliphatic carbocycles. The first-order valence-corrected chi connectivity index (χ1v) is 12.7. The molecule has 1 N–H and O–H groups in total. The summed E-state index contributed by atoms with van der Waals surface area (Å²) in [5.74, 6) is 0.0586. The number of halogens is 1. The summed E-state index contributed by atoms with van der Waals surface area (Å²) in [5, 5.41) is 4.00. The van der Waals surface area contributed by atoms with Gasteiger partial charge in [0.25, 0.3) is 0 Å². The highest BCUT2D eigenvalue weighted by Crippen LogP contribution is 2.29. The summed E-state index contributed by atoms with van der Waals surface area (Å²) < 4.78 is 46.7. The summed E-state index contributed by atoms with van der Waals surface area (Å²) >= 11 is 0. The van der Waals surface area contributed by atoms with Gasteiger partial charge in [0.15, 0.2) is 0 Å². The summed E-state index contributed by atoms with van der Waals surface area (Å²) in [7, 11) is -3.82. The van der Waals surface area contributed by atoms with Crippen molar-refractivity contribution < 1.29 is 22.1 Å². The van der Waals surface area contributed by atoms with Gasteiger partial charge in [-0.25, -0.2) is 12.8 Å². The van der Waals surface area contributed by atoms with Gasteiger partial charge in [0, 0.05) is 24.6 Å². The Morgan fingerprint density at radius 3 is 2.35 bits per heavy atom. The zero-order valence-electron chi connectivity index (χ0n) is 19.0. The second kappa shape index (κ2) is 10.0. The molecule has 2 heterocycles. The number of rotatable bonds is 7. The number of likely N-dealkylation sites (tertiary alicyclic amines) is 1. The van der Waals surface area contributed by atoms with Crippen molar-refractivity contribution in [1.29, 1.82) is 0 Å². The highest BCUT2D eigenvalue weighted by molar-refractivity contribution is 7.89. The maximum Gasteiger partial charge on any atom is 0.241 e. The van der Waals surface area contributed by atoms with Gasteiger partial charge in [-0.1, -0.05) is 37.2 Å². The van der Waals surface area contributed by atoms with E-state index in [0.29, 0.717) is 43.2 Å². The van der Waals surface area contributed by atoms with Crippen LogP contribution in [0.25, 0.3) is 11.4 Å². The van der Waals surface area contributed by atoms with Crippen LogP contribution in [0.4, 0.5) is 4.39 Å². The van der Waals surface area contributed by atoms with Gasteiger partial charge in [0.2, 0.25) is 27.6 Å². The number of nitrogens with one attached hydrogen (secondary N) is 1. The second-order valence-corrected chi connectivity index (χ2v) is 10.4. The molecule has 1 unspecified atom stereocenters. The molecule has 1 amide bonds. The Morgan fingerprint density at radius 1 is 1.09 bits per heavy atom. The first kappa shape index (κ1) is 24.0. The number of nitrogens with zero attached hydrogens (tertiary/aromatic N) is 3. The lowest BCUT2D eigenvalue weighted by atomic mass is 9.95. The predicted molar refractivity (Wildman–Crippen MR) is 124 cm³/mol. The molecule has 0 radical (unpaired) electrons. The van der Waals surface area contributed by atoms with E-state index in [4.69, 9.17) is 4.52 Å². The zero-order chi connectivity index (χ0) is 24.3. The fourth-order valence-corrected chi connectivity index (χ4v) is 5.33. The van der Waals surface area contributed by atoms with E-state index in [0.717, 1.165) is 0 Å². The van der Waals surface area contributed by atoms with Crippen molar-refractivity contribution >= 4 is 15.9 Å². The Hall–Kier alpha value is -3.11. The first-order valence-electron chi connectivity index (χ1n) is 11.2. The van der Waals surface area contributed by atoms with Crippen LogP contribution in [0.15, 0.2) is 64.0 Å². The van der Waals surface area contributed by atoms with E-state index in [1.807, 2.05) is 13.8 Å². The van der Waals surface area contributed by atoms with Gasteiger partial charge in [-0.2, -0.15) is 9.71 Å². The summed E-state index contributed by atoms with van der Waals surface area (Å²) in [4.78, 5) is 19.5. The molecule has 3 aromatic rings. The third-order valence-electron chi connectivity index (χ3n) is 5.97. The van der Waals surface area contributed by atoms with Crippen LogP contribution < -0.4 is 4.72 Å². The lowest BCUT2D eigenvalue weighted by Crippen LogP contribution is -2.52. The number of benzene rings is 2. The molecule has 2 aromatic carbocycles. The summed E-state index contributed by atoms with van der Waals surface area (Å²) in [6.07, 6.45) is 1.24. The van der Waals surface area contributed by atoms with Crippen LogP contribution in [0, 0.1) is 11.7 Å². The van der Waals surface area contributed by atoms with Crippen molar-refractivity contribution in [3.8, 4) is 11.4 Å². The van der Waals surface area contributed by atoms with E-state index in [9.17, 15) is 17.6 Å². The molecule has 1 aliphatic heterocycles. The Kier molecular flexibility index (Phi) is 7.08. The third kappa shape index (κ3) is 5.34. The maximum atomic E-state index is 13.2. The van der Waals surface area contributed by atoms with Crippen LogP contribution in [0.3, 0.4) is 0 Å². The molecule has 34 heavy (non-hydrogen) atoms. The van der Waals surface area contributed by atoms with Gasteiger partial charge in [0.05, 0.1) is 4.90 Å². The molecule has 1 saturated heterocycles. The van der Waals surface area contributed by atoms with E-state index in [-0.39, 0.29) is 28.5 Å². The highest BCUT2D eigenvalue weighted by atomic mass is 32.2. The van der Waals surface area contributed by atoms with Gasteiger partial charge in [-0.15, -0.1) is 0 Å². The Morgan fingerprint density at radius 2 is 1.74 bits per heavy atom. The number of hydrogen-bond donors (Lipinski definition) is 1. The second-order valence-electron chi connectivity index (χ2n) is 8.72. The standard InChI is InChI=1S/C24H27FN4O4S/c1-16(2)21(28-34(31,32)20-6-4-3-5-7-20)24(30)29-14-12-18(13-15-29)23-26-22(27-33-23)17-8-10-19(25)11-9-17/h3-11,16,18,21,28H,12-15H2,1-2H3. The van der Waals surface area contributed by atoms with Gasteiger partial charge in [0.1, 0.15) is 11.9 Å². The van der Waals surface area contributed by atoms with E-state index < -0.39 is 16.1 Å². The van der Waals surface area contributed by atoms with Crippen molar-refractivity contribution in [1.82, 2.24) is 19.8 Å². The van der Waals surface area contributed by atoms with E-state index in [2.05, 4.69) is 14.9 Å². The SMILES string of the molecule is CC(C)C(NS(=O)(=O)c1ccccc1)C(=O)N1CCC(c2nc(-c3ccc(F)cc3)no2)CC1. The Bertz CT molecular complexity index is 1220. The van der Waals surface area contributed by atoms with Gasteiger partial charge >= 0.3 is 0 Å². The summed E-state index contributed by atoms with van der Waals surface area (Å²) in [6.45, 7) is 4.54. The molecular formula is C24H27FN4O4S. The van der Waals surface area contributed by atoms with E-state index in [1.54, 1.807) is 35.2 Å². The van der Waals surface area contributed by atoms with Crippen LogP contribution in [0.5, 0.6) is 0 Å². The number of amides is 1. The zero-order valence-corrected chi connectivity index (χ0v) is 19.8. The van der Waals surface area contributed by atoms with Crippen LogP contribution in [-0.2, 0) is 14.8 Å². The first-order chi connectivity index (χ1) is 16.2. The van der Waals surface area contributed by atoms with Crippen molar-refractivity contribution in [3.63, 3.8) is 0 Å². The molecule has 1 aliphatic rings. The Balaban J connectivity index is 1.40. The summed E-state index contributed by atoms with van der Waals surface area (Å²) in [6, 6.07) is 13.0. The number of sulfonamides is 1. The highest BCUT2D eigenvalue weighted by Gasteiger charge is 2.34. The molecule has 0 saturated carbocycles. The number of carbonyl (C=O) groups is 1. The van der Waals surface area contributed by atoms with Crippen molar-refractivity contribution in [2.45, 2.75) is 43.5 Å². The lowest BCUT2D eigenvalue weighted by molar-refractivity contribution is -0.135. The van der Waals surface area contributed by atoms with Crippen LogP contribution in [0.1, 0.15) is 38.5 Å². The van der Waals surface area contributed by atoms with Crippen LogP contribution in [0.2, 0.25) is 0 Å². The van der Waals surface area contributed by atoms with Gasteiger partial charge < -0.3 is 9.42 Å². The predicted octanol–water partition coefficient (Wildman–Crippen LogP) is 3.58. The fraction of sp³-hybridized carbons (Fsp3) is 0.375. The molecule has 8 nitrogen and oxygen atoms in total. The molecule has 0 bridgehead atoms. The van der Waals surface area contributed by atoms with E-state index >= 15 is 0 Å². The molecule has 1 fully saturated rings. The normalized spacial score (nSPS) is 16.1. The average Bonchev–Trinajstić information content (AvgIpc) is 3.33. The third-order valence-corrected chi connectivity index (χ3v) is 7.43. The van der Waals surface area contributed by atoms with Crippen LogP contribution in [-0.4, -0.2) is 48.5 Å². The fourth-order valence-electron chi connectivity index (χ4n) is 3.97. The minimum atomic E-state index is -3.82. The van der Waals surface area contributed by atoms with Crippen molar-refractivity contribution in [3.05, 3.63) is 66.3 Å². The number of hydrogen-bond acceptors (Lipinski definition) is 6. The average molecular weight is 487 g/mol. The molecule has 1 aromatic heterocycles. The lowest BCUT2D eigenvalue weighted by Gasteiger charge is -2.34. The van der Waals surface area contributed by atoms with Gasteiger partial charge in [-0.3, -0.25) is 4.79 Å². The largest absolute Gasteiger partial charge is 0.341 e. The quantitative estimate of drug-likeness (QED) is 0.547. The van der Waals surface area contributed by atoms with Crippen molar-refractivity contribution in [2.75, 3.05) is 13.1 Å². The molecule has 0 spiro atoms. The topological polar surface area (TPSA) is 105 Å². The molecule has 4 rings (SSSR count). The minimum Gasteiger partial charge on any atom is -0.341 e. The number of carbonyl (C=O) groups excluding carboxylic acids is 1. The minimum absolute atomic E-state index is 0.00995. The van der Waals surface area contributed by atoms with E-state index in [1.165, 1.54) is 24.3 Å². The molecule has 180 valence electrons. The van der Waals surface area contributed by atoms with Crippen LogP contribution >= 0.6 is 0 Å². The van der Waals surface area contributed by atoms with Crippen molar-refractivity contribution in [2.24, 2.45) is 5.92 Å². The summed E-state index contributed by atoms with van der Waals surface area (Å²) in [5.41, 5.74) is 0.662. The number of piperidine rings is 1. The van der Waals surface area contributed by atoms with Gasteiger partial charge in [-0.05, 0) is 55.2 Å². The number of aromatic nitrogens is 2. The smallest absolute Gasteiger partial charge is 0.241 e. The monoisotopic (exact) mass is 486 g/mol. The molecular weight excluding hydrogens is 459 g/mol. The molecule has 1 atom stereocenters.